The molecule has 1 amide bonds. The van der Waals surface area contributed by atoms with Crippen LogP contribution in [0.15, 0.2) is 0 Å². The fraction of sp³-hybridized carbons (Fsp3) is 0.941. The molecule has 1 unspecified atom stereocenters. The van der Waals surface area contributed by atoms with Crippen molar-refractivity contribution in [2.75, 3.05) is 13.1 Å². The first-order valence-corrected chi connectivity index (χ1v) is 8.48. The smallest absolute Gasteiger partial charge is 0.407 e. The van der Waals surface area contributed by atoms with E-state index in [1.165, 1.54) is 32.1 Å². The van der Waals surface area contributed by atoms with Gasteiger partial charge in [-0.25, -0.2) is 4.79 Å². The highest BCUT2D eigenvalue weighted by atomic mass is 16.6. The molecule has 1 fully saturated rings. The number of carbonyl (C=O) groups is 1. The number of hydrogen-bond donors (Lipinski definition) is 2. The fourth-order valence-corrected chi connectivity index (χ4v) is 2.70. The van der Waals surface area contributed by atoms with Crippen molar-refractivity contribution in [3.63, 3.8) is 0 Å². The van der Waals surface area contributed by atoms with Crippen LogP contribution in [-0.4, -0.2) is 30.8 Å². The predicted molar refractivity (Wildman–Crippen MR) is 87.4 cm³/mol. The van der Waals surface area contributed by atoms with Crippen LogP contribution >= 0.6 is 0 Å². The van der Waals surface area contributed by atoms with Crippen LogP contribution in [0.3, 0.4) is 0 Å². The van der Waals surface area contributed by atoms with E-state index in [0.29, 0.717) is 24.4 Å². The van der Waals surface area contributed by atoms with Gasteiger partial charge >= 0.3 is 6.09 Å². The number of hydrogen-bond acceptors (Lipinski definition) is 3. The zero-order valence-corrected chi connectivity index (χ0v) is 14.5. The van der Waals surface area contributed by atoms with Crippen LogP contribution in [0.4, 0.5) is 4.79 Å². The summed E-state index contributed by atoms with van der Waals surface area (Å²) in [7, 11) is 0. The van der Waals surface area contributed by atoms with Gasteiger partial charge in [-0.15, -0.1) is 0 Å². The Labute approximate surface area is 130 Å². The number of amides is 1. The Morgan fingerprint density at radius 1 is 1.14 bits per heavy atom. The summed E-state index contributed by atoms with van der Waals surface area (Å²) in [6.45, 7) is 11.7. The van der Waals surface area contributed by atoms with Gasteiger partial charge in [-0.3, -0.25) is 0 Å². The Kier molecular flexibility index (Phi) is 7.50. The molecular weight excluding hydrogens is 264 g/mol. The lowest BCUT2D eigenvalue weighted by molar-refractivity contribution is 0.0514. The summed E-state index contributed by atoms with van der Waals surface area (Å²) < 4.78 is 5.29. The van der Waals surface area contributed by atoms with Crippen molar-refractivity contribution in [1.82, 2.24) is 10.6 Å². The van der Waals surface area contributed by atoms with Crippen molar-refractivity contribution in [3.05, 3.63) is 0 Å². The van der Waals surface area contributed by atoms with E-state index >= 15 is 0 Å². The Morgan fingerprint density at radius 3 is 2.29 bits per heavy atom. The molecule has 0 aromatic rings. The molecule has 1 atom stereocenters. The van der Waals surface area contributed by atoms with Crippen LogP contribution in [-0.2, 0) is 4.74 Å². The van der Waals surface area contributed by atoms with Gasteiger partial charge in [0.2, 0.25) is 0 Å². The summed E-state index contributed by atoms with van der Waals surface area (Å²) in [5, 5.41) is 6.59. The maximum Gasteiger partial charge on any atom is 0.407 e. The molecule has 0 aromatic carbocycles. The molecule has 2 N–H and O–H groups in total. The average molecular weight is 298 g/mol. The molecule has 0 radical (unpaired) electrons. The Balaban J connectivity index is 2.30. The fourth-order valence-electron chi connectivity index (χ4n) is 2.70. The molecule has 0 aromatic heterocycles. The number of rotatable bonds is 6. The quantitative estimate of drug-likeness (QED) is 0.786. The SMILES string of the molecule is CC(C)C(CNC(=O)OC(C)(C)C)CNC1CCCCC1. The van der Waals surface area contributed by atoms with E-state index in [1.54, 1.807) is 0 Å². The zero-order chi connectivity index (χ0) is 15.9. The van der Waals surface area contributed by atoms with Crippen LogP contribution in [0.25, 0.3) is 0 Å². The molecule has 1 aliphatic rings. The molecule has 0 spiro atoms. The van der Waals surface area contributed by atoms with Gasteiger partial charge in [0.05, 0.1) is 0 Å². The number of alkyl carbamates (subject to hydrolysis) is 1. The highest BCUT2D eigenvalue weighted by molar-refractivity contribution is 5.67. The second kappa shape index (κ2) is 8.62. The molecule has 21 heavy (non-hydrogen) atoms. The minimum atomic E-state index is -0.433. The lowest BCUT2D eigenvalue weighted by Crippen LogP contribution is -2.42. The maximum atomic E-state index is 11.7. The summed E-state index contributed by atoms with van der Waals surface area (Å²) in [6, 6.07) is 0.668. The lowest BCUT2D eigenvalue weighted by Gasteiger charge is -2.28. The van der Waals surface area contributed by atoms with E-state index in [2.05, 4.69) is 24.5 Å². The minimum Gasteiger partial charge on any atom is -0.444 e. The van der Waals surface area contributed by atoms with Crippen LogP contribution < -0.4 is 10.6 Å². The third kappa shape index (κ3) is 8.30. The van der Waals surface area contributed by atoms with E-state index in [9.17, 15) is 4.79 Å². The lowest BCUT2D eigenvalue weighted by atomic mass is 9.92. The van der Waals surface area contributed by atoms with Gasteiger partial charge in [-0.1, -0.05) is 33.1 Å². The molecule has 1 rings (SSSR count). The highest BCUT2D eigenvalue weighted by Crippen LogP contribution is 2.18. The Hall–Kier alpha value is -0.770. The van der Waals surface area contributed by atoms with E-state index in [0.717, 1.165) is 6.54 Å². The molecule has 0 heterocycles. The predicted octanol–water partition coefficient (Wildman–Crippen LogP) is 3.71. The molecule has 0 bridgehead atoms. The number of ether oxygens (including phenoxy) is 1. The highest BCUT2D eigenvalue weighted by Gasteiger charge is 2.20. The summed E-state index contributed by atoms with van der Waals surface area (Å²) in [5.74, 6) is 0.982. The Bertz CT molecular complexity index is 304. The van der Waals surface area contributed by atoms with Crippen LogP contribution in [0.2, 0.25) is 0 Å². The van der Waals surface area contributed by atoms with Crippen molar-refractivity contribution in [3.8, 4) is 0 Å². The molecular formula is C17H34N2O2. The van der Waals surface area contributed by atoms with Crippen LogP contribution in [0.1, 0.15) is 66.7 Å². The van der Waals surface area contributed by atoms with E-state index in [1.807, 2.05) is 20.8 Å². The van der Waals surface area contributed by atoms with Crippen molar-refractivity contribution >= 4 is 6.09 Å². The average Bonchev–Trinajstić information content (AvgIpc) is 2.37. The summed E-state index contributed by atoms with van der Waals surface area (Å²) >= 11 is 0. The molecule has 4 nitrogen and oxygen atoms in total. The second-order valence-corrected chi connectivity index (χ2v) is 7.63. The van der Waals surface area contributed by atoms with E-state index in [-0.39, 0.29) is 6.09 Å². The van der Waals surface area contributed by atoms with E-state index < -0.39 is 5.60 Å². The van der Waals surface area contributed by atoms with Gasteiger partial charge in [-0.2, -0.15) is 0 Å². The molecule has 124 valence electrons. The summed E-state index contributed by atoms with van der Waals surface area (Å²) in [5.41, 5.74) is -0.433. The summed E-state index contributed by atoms with van der Waals surface area (Å²) in [6.07, 6.45) is 6.35. The standard InChI is InChI=1S/C17H34N2O2/c1-13(2)14(11-18-15-9-7-6-8-10-15)12-19-16(20)21-17(3,4)5/h13-15,18H,6-12H2,1-5H3,(H,19,20). The number of carbonyl (C=O) groups excluding carboxylic acids is 1. The van der Waals surface area contributed by atoms with Gasteiger partial charge in [0.25, 0.3) is 0 Å². The third-order valence-corrected chi connectivity index (χ3v) is 4.12. The largest absolute Gasteiger partial charge is 0.444 e. The molecule has 1 saturated carbocycles. The van der Waals surface area contributed by atoms with Crippen molar-refractivity contribution in [1.29, 1.82) is 0 Å². The van der Waals surface area contributed by atoms with Gasteiger partial charge < -0.3 is 15.4 Å². The minimum absolute atomic E-state index is 0.314. The van der Waals surface area contributed by atoms with Gasteiger partial charge in [0.15, 0.2) is 0 Å². The zero-order valence-electron chi connectivity index (χ0n) is 14.5. The third-order valence-electron chi connectivity index (χ3n) is 4.12. The van der Waals surface area contributed by atoms with Crippen LogP contribution in [0, 0.1) is 11.8 Å². The van der Waals surface area contributed by atoms with Crippen LogP contribution in [0.5, 0.6) is 0 Å². The second-order valence-electron chi connectivity index (χ2n) is 7.63. The summed E-state index contributed by atoms with van der Waals surface area (Å²) in [4.78, 5) is 11.7. The monoisotopic (exact) mass is 298 g/mol. The molecule has 1 aliphatic carbocycles. The van der Waals surface area contributed by atoms with Gasteiger partial charge in [0.1, 0.15) is 5.60 Å². The number of nitrogens with one attached hydrogen (secondary N) is 2. The normalized spacial score (nSPS) is 18.6. The van der Waals surface area contributed by atoms with Gasteiger partial charge in [0, 0.05) is 19.1 Å². The van der Waals surface area contributed by atoms with E-state index in [4.69, 9.17) is 4.74 Å². The van der Waals surface area contributed by atoms with Gasteiger partial charge in [-0.05, 0) is 45.4 Å². The Morgan fingerprint density at radius 2 is 1.76 bits per heavy atom. The molecule has 0 aliphatic heterocycles. The van der Waals surface area contributed by atoms with Crippen molar-refractivity contribution in [2.45, 2.75) is 78.4 Å². The molecule has 0 saturated heterocycles. The topological polar surface area (TPSA) is 50.4 Å². The molecule has 4 heteroatoms. The van der Waals surface area contributed by atoms with Crippen molar-refractivity contribution in [2.24, 2.45) is 11.8 Å². The maximum absolute atomic E-state index is 11.7. The van der Waals surface area contributed by atoms with Crippen molar-refractivity contribution < 1.29 is 9.53 Å². The first kappa shape index (κ1) is 18.3. The first-order valence-electron chi connectivity index (χ1n) is 8.48. The first-order chi connectivity index (χ1) is 9.78.